The van der Waals surface area contributed by atoms with Crippen molar-refractivity contribution in [1.82, 2.24) is 9.55 Å². The van der Waals surface area contributed by atoms with Crippen LogP contribution in [0.3, 0.4) is 0 Å². The van der Waals surface area contributed by atoms with E-state index >= 15 is 0 Å². The van der Waals surface area contributed by atoms with Crippen LogP contribution in [0.4, 0.5) is 5.82 Å². The Bertz CT molecular complexity index is 416. The molecular weight excluding hydrogens is 218 g/mol. The van der Waals surface area contributed by atoms with Crippen LogP contribution in [-0.4, -0.2) is 39.3 Å². The zero-order valence-electron chi connectivity index (χ0n) is 8.78. The maximum Gasteiger partial charge on any atom is 0.381 e. The smallest absolute Gasteiger partial charge is 0.381 e. The molecule has 0 aromatic carbocycles. The fourth-order valence-electron chi connectivity index (χ4n) is 1.20. The van der Waals surface area contributed by atoms with Crippen LogP contribution in [0.2, 0.25) is 0 Å². The van der Waals surface area contributed by atoms with E-state index in [0.717, 1.165) is 17.1 Å². The van der Waals surface area contributed by atoms with Gasteiger partial charge in [-0.2, -0.15) is 0 Å². The zero-order chi connectivity index (χ0) is 12.3. The average Bonchev–Trinajstić information content (AvgIpc) is 2.66. The number of ether oxygens (including phenoxy) is 1. The molecule has 0 saturated carbocycles. The van der Waals surface area contributed by atoms with Crippen LogP contribution in [-0.2, 0) is 15.1 Å². The molecule has 0 aliphatic heterocycles. The lowest BCUT2D eigenvalue weighted by Gasteiger charge is -2.23. The van der Waals surface area contributed by atoms with Crippen molar-refractivity contribution in [2.75, 3.05) is 13.7 Å². The van der Waals surface area contributed by atoms with Crippen LogP contribution in [0.25, 0.3) is 0 Å². The minimum absolute atomic E-state index is 0.115. The fourth-order valence-corrected chi connectivity index (χ4v) is 1.20. The van der Waals surface area contributed by atoms with Crippen LogP contribution in [0.1, 0.15) is 6.92 Å². The van der Waals surface area contributed by atoms with Crippen molar-refractivity contribution in [3.63, 3.8) is 0 Å². The monoisotopic (exact) mass is 229 g/mol. The number of hydrogen-bond acceptors (Lipinski definition) is 5. The molecule has 0 fully saturated rings. The number of nitro groups is 1. The molecule has 1 atom stereocenters. The van der Waals surface area contributed by atoms with Crippen molar-refractivity contribution in [3.8, 4) is 0 Å². The number of hydrogen-bond donors (Lipinski definition) is 1. The summed E-state index contributed by atoms with van der Waals surface area (Å²) in [6, 6.07) is 0. The Morgan fingerprint density at radius 2 is 2.44 bits per heavy atom. The van der Waals surface area contributed by atoms with Crippen molar-refractivity contribution in [1.29, 1.82) is 0 Å². The summed E-state index contributed by atoms with van der Waals surface area (Å²) in [5, 5.41) is 19.5. The highest BCUT2D eigenvalue weighted by atomic mass is 16.6. The molecule has 1 rings (SSSR count). The molecule has 0 aliphatic carbocycles. The molecule has 16 heavy (non-hydrogen) atoms. The number of nitrogens with zero attached hydrogens (tertiary/aromatic N) is 3. The Balaban J connectivity index is 3.11. The van der Waals surface area contributed by atoms with Crippen LogP contribution in [0.5, 0.6) is 0 Å². The van der Waals surface area contributed by atoms with Crippen LogP contribution >= 0.6 is 0 Å². The van der Waals surface area contributed by atoms with Crippen molar-refractivity contribution < 1.29 is 19.6 Å². The van der Waals surface area contributed by atoms with Gasteiger partial charge in [0.1, 0.15) is 6.20 Å². The highest BCUT2D eigenvalue weighted by molar-refractivity contribution is 5.76. The molecule has 1 unspecified atom stereocenters. The van der Waals surface area contributed by atoms with Crippen molar-refractivity contribution in [2.45, 2.75) is 12.5 Å². The van der Waals surface area contributed by atoms with E-state index in [9.17, 15) is 14.9 Å². The first kappa shape index (κ1) is 12.1. The van der Waals surface area contributed by atoms with Gasteiger partial charge in [0.15, 0.2) is 5.54 Å². The number of aromatic nitrogens is 2. The number of imidazole rings is 1. The van der Waals surface area contributed by atoms with Gasteiger partial charge in [0.25, 0.3) is 0 Å². The molecule has 0 spiro atoms. The highest BCUT2D eigenvalue weighted by Crippen LogP contribution is 2.19. The van der Waals surface area contributed by atoms with Gasteiger partial charge in [-0.3, -0.25) is 4.57 Å². The summed E-state index contributed by atoms with van der Waals surface area (Å²) in [4.78, 5) is 24.3. The van der Waals surface area contributed by atoms with Gasteiger partial charge >= 0.3 is 11.8 Å². The second-order valence-electron chi connectivity index (χ2n) is 3.41. The predicted molar refractivity (Wildman–Crippen MR) is 52.0 cm³/mol. The maximum absolute atomic E-state index is 11.1. The lowest BCUT2D eigenvalue weighted by Crippen LogP contribution is -2.42. The van der Waals surface area contributed by atoms with Crippen LogP contribution < -0.4 is 0 Å². The highest BCUT2D eigenvalue weighted by Gasteiger charge is 2.37. The average molecular weight is 229 g/mol. The topological polar surface area (TPSA) is 107 Å². The Morgan fingerprint density at radius 1 is 1.81 bits per heavy atom. The maximum atomic E-state index is 11.1. The van der Waals surface area contributed by atoms with Crippen molar-refractivity contribution in [3.05, 3.63) is 22.6 Å². The summed E-state index contributed by atoms with van der Waals surface area (Å²) >= 11 is 0. The van der Waals surface area contributed by atoms with E-state index in [1.54, 1.807) is 0 Å². The second kappa shape index (κ2) is 4.27. The van der Waals surface area contributed by atoms with Gasteiger partial charge in [-0.25, -0.2) is 4.79 Å². The molecule has 1 aromatic rings. The van der Waals surface area contributed by atoms with Gasteiger partial charge in [-0.1, -0.05) is 0 Å². The van der Waals surface area contributed by atoms with E-state index in [-0.39, 0.29) is 6.61 Å². The quantitative estimate of drug-likeness (QED) is 0.572. The lowest BCUT2D eigenvalue weighted by molar-refractivity contribution is -0.389. The minimum atomic E-state index is -1.41. The summed E-state index contributed by atoms with van der Waals surface area (Å²) in [6.45, 7) is 1.28. The SMILES string of the molecule is COCC(C)(C(=O)O)n1cnc([N+](=O)[O-])c1. The molecule has 0 bridgehead atoms. The molecule has 0 aliphatic rings. The van der Waals surface area contributed by atoms with E-state index in [0.29, 0.717) is 0 Å². The Morgan fingerprint density at radius 3 is 2.81 bits per heavy atom. The van der Waals surface area contributed by atoms with Crippen molar-refractivity contribution in [2.24, 2.45) is 0 Å². The number of carbonyl (C=O) groups is 1. The summed E-state index contributed by atoms with van der Waals surface area (Å²) in [7, 11) is 1.35. The third kappa shape index (κ3) is 2.01. The van der Waals surface area contributed by atoms with Crippen molar-refractivity contribution >= 4 is 11.8 Å². The van der Waals surface area contributed by atoms with Gasteiger partial charge in [0.2, 0.25) is 6.33 Å². The third-order valence-corrected chi connectivity index (χ3v) is 2.21. The molecular formula is C8H11N3O5. The Kier molecular flexibility index (Phi) is 3.23. The van der Waals surface area contributed by atoms with E-state index in [4.69, 9.17) is 9.84 Å². The number of aliphatic carboxylic acids is 1. The predicted octanol–water partition coefficient (Wildman–Crippen LogP) is 0.237. The molecule has 88 valence electrons. The molecule has 0 saturated heterocycles. The van der Waals surface area contributed by atoms with Gasteiger partial charge < -0.3 is 20.0 Å². The van der Waals surface area contributed by atoms with E-state index in [2.05, 4.69) is 4.98 Å². The summed E-state index contributed by atoms with van der Waals surface area (Å²) in [6.07, 6.45) is 2.17. The zero-order valence-corrected chi connectivity index (χ0v) is 8.78. The second-order valence-corrected chi connectivity index (χ2v) is 3.41. The van der Waals surface area contributed by atoms with Gasteiger partial charge in [0, 0.05) is 7.11 Å². The van der Waals surface area contributed by atoms with E-state index in [1.165, 1.54) is 14.0 Å². The molecule has 1 N–H and O–H groups in total. The minimum Gasteiger partial charge on any atom is -0.479 e. The number of rotatable bonds is 5. The molecule has 8 nitrogen and oxygen atoms in total. The molecule has 0 amide bonds. The van der Waals surface area contributed by atoms with Gasteiger partial charge in [-0.05, 0) is 16.8 Å². The first-order valence-electron chi connectivity index (χ1n) is 4.33. The van der Waals surface area contributed by atoms with E-state index < -0.39 is 22.2 Å². The first-order chi connectivity index (χ1) is 7.41. The largest absolute Gasteiger partial charge is 0.479 e. The van der Waals surface area contributed by atoms with Gasteiger partial charge in [0.05, 0.1) is 6.61 Å². The normalized spacial score (nSPS) is 14.4. The Labute approximate surface area is 90.6 Å². The number of methoxy groups -OCH3 is 1. The van der Waals surface area contributed by atoms with Crippen LogP contribution in [0.15, 0.2) is 12.5 Å². The fraction of sp³-hybridized carbons (Fsp3) is 0.500. The van der Waals surface area contributed by atoms with Gasteiger partial charge in [-0.15, -0.1) is 0 Å². The van der Waals surface area contributed by atoms with Crippen LogP contribution in [0, 0.1) is 10.1 Å². The first-order valence-corrected chi connectivity index (χ1v) is 4.33. The summed E-state index contributed by atoms with van der Waals surface area (Å²) < 4.78 is 5.94. The third-order valence-electron chi connectivity index (χ3n) is 2.21. The lowest BCUT2D eigenvalue weighted by atomic mass is 10.0. The Hall–Kier alpha value is -1.96. The summed E-state index contributed by atoms with van der Waals surface area (Å²) in [5.74, 6) is -1.55. The molecule has 1 aromatic heterocycles. The summed E-state index contributed by atoms with van der Waals surface area (Å²) in [5.41, 5.74) is -1.41. The standard InChI is InChI=1S/C8H11N3O5/c1-8(4-16-2,7(12)13)10-3-6(9-5-10)11(14)15/h3,5H,4H2,1-2H3,(H,12,13). The molecule has 1 heterocycles. The number of carboxylic acids is 1. The number of carboxylic acid groups (broad SMARTS) is 1. The molecule has 0 radical (unpaired) electrons. The molecule has 8 heteroatoms. The van der Waals surface area contributed by atoms with E-state index in [1.807, 2.05) is 0 Å².